The molecule has 1 N–H and O–H groups in total. The lowest BCUT2D eigenvalue weighted by atomic mass is 9.90. The van der Waals surface area contributed by atoms with Crippen molar-refractivity contribution in [3.63, 3.8) is 0 Å². The molecule has 2 rings (SSSR count). The predicted molar refractivity (Wildman–Crippen MR) is 80.6 cm³/mol. The van der Waals surface area contributed by atoms with Crippen molar-refractivity contribution in [2.24, 2.45) is 0 Å². The highest BCUT2D eigenvalue weighted by Crippen LogP contribution is 2.25. The summed E-state index contributed by atoms with van der Waals surface area (Å²) in [4.78, 5) is 6.88. The van der Waals surface area contributed by atoms with Gasteiger partial charge in [0.05, 0.1) is 0 Å². The molecule has 0 aliphatic heterocycles. The highest BCUT2D eigenvalue weighted by atomic mass is 15.3. The van der Waals surface area contributed by atoms with E-state index in [1.807, 2.05) is 6.20 Å². The summed E-state index contributed by atoms with van der Waals surface area (Å²) < 4.78 is 2.22. The standard InChI is InChI=1S/C15H28N4/c1-4-10-16-13-6-8-14(9-7-13)18(3)15-17-11-12-19(15)5-2/h11-14,16H,4-10H2,1-3H3. The maximum Gasteiger partial charge on any atom is 0.205 e. The van der Waals surface area contributed by atoms with Crippen LogP contribution in [0.4, 0.5) is 5.95 Å². The van der Waals surface area contributed by atoms with E-state index in [1.165, 1.54) is 32.1 Å². The van der Waals surface area contributed by atoms with E-state index in [-0.39, 0.29) is 0 Å². The lowest BCUT2D eigenvalue weighted by Crippen LogP contribution is -2.41. The zero-order valence-corrected chi connectivity index (χ0v) is 12.6. The number of anilines is 1. The monoisotopic (exact) mass is 264 g/mol. The largest absolute Gasteiger partial charge is 0.342 e. The Kier molecular flexibility index (Phi) is 5.25. The van der Waals surface area contributed by atoms with Crippen LogP contribution in [0.5, 0.6) is 0 Å². The van der Waals surface area contributed by atoms with Crippen LogP contribution >= 0.6 is 0 Å². The highest BCUT2D eigenvalue weighted by Gasteiger charge is 2.25. The molecule has 19 heavy (non-hydrogen) atoms. The van der Waals surface area contributed by atoms with Crippen molar-refractivity contribution in [3.05, 3.63) is 12.4 Å². The molecule has 4 nitrogen and oxygen atoms in total. The zero-order chi connectivity index (χ0) is 13.7. The number of aryl methyl sites for hydroxylation is 1. The Morgan fingerprint density at radius 1 is 1.32 bits per heavy atom. The second kappa shape index (κ2) is 6.94. The van der Waals surface area contributed by atoms with Gasteiger partial charge in [-0.15, -0.1) is 0 Å². The van der Waals surface area contributed by atoms with Crippen LogP contribution < -0.4 is 10.2 Å². The van der Waals surface area contributed by atoms with Crippen LogP contribution in [0.3, 0.4) is 0 Å². The molecule has 0 unspecified atom stereocenters. The minimum Gasteiger partial charge on any atom is -0.342 e. The first-order chi connectivity index (χ1) is 9.26. The van der Waals surface area contributed by atoms with E-state index in [9.17, 15) is 0 Å². The Morgan fingerprint density at radius 3 is 2.68 bits per heavy atom. The van der Waals surface area contributed by atoms with E-state index in [0.717, 1.165) is 25.1 Å². The van der Waals surface area contributed by atoms with Crippen LogP contribution in [0.2, 0.25) is 0 Å². The molecule has 0 radical (unpaired) electrons. The van der Waals surface area contributed by atoms with Gasteiger partial charge in [0.15, 0.2) is 0 Å². The Hall–Kier alpha value is -1.03. The summed E-state index contributed by atoms with van der Waals surface area (Å²) in [6.45, 7) is 6.56. The van der Waals surface area contributed by atoms with Crippen LogP contribution in [-0.4, -0.2) is 35.2 Å². The summed E-state index contributed by atoms with van der Waals surface area (Å²) in [7, 11) is 2.19. The minimum atomic E-state index is 0.646. The molecule has 0 aromatic carbocycles. The average molecular weight is 264 g/mol. The third-order valence-electron chi connectivity index (χ3n) is 4.28. The van der Waals surface area contributed by atoms with Gasteiger partial charge in [-0.25, -0.2) is 4.98 Å². The fourth-order valence-corrected chi connectivity index (χ4v) is 3.04. The van der Waals surface area contributed by atoms with Crippen LogP contribution in [0.15, 0.2) is 12.4 Å². The summed E-state index contributed by atoms with van der Waals surface area (Å²) in [5, 5.41) is 3.65. The van der Waals surface area contributed by atoms with Gasteiger partial charge < -0.3 is 14.8 Å². The van der Waals surface area contributed by atoms with Crippen molar-refractivity contribution in [1.82, 2.24) is 14.9 Å². The summed E-state index contributed by atoms with van der Waals surface area (Å²) in [6.07, 6.45) is 10.3. The summed E-state index contributed by atoms with van der Waals surface area (Å²) in [6, 6.07) is 1.38. The maximum atomic E-state index is 4.50. The molecule has 1 heterocycles. The molecule has 1 fully saturated rings. The van der Waals surface area contributed by atoms with Gasteiger partial charge in [0.25, 0.3) is 0 Å². The van der Waals surface area contributed by atoms with E-state index < -0.39 is 0 Å². The van der Waals surface area contributed by atoms with Gasteiger partial charge in [-0.2, -0.15) is 0 Å². The highest BCUT2D eigenvalue weighted by molar-refractivity contribution is 5.31. The predicted octanol–water partition coefficient (Wildman–Crippen LogP) is 2.65. The van der Waals surface area contributed by atoms with Crippen LogP contribution in [0.1, 0.15) is 46.0 Å². The first kappa shape index (κ1) is 14.4. The molecule has 0 bridgehead atoms. The SMILES string of the molecule is CCCNC1CCC(N(C)c2nccn2CC)CC1. The molecule has 1 aliphatic rings. The lowest BCUT2D eigenvalue weighted by Gasteiger charge is -2.35. The number of nitrogens with zero attached hydrogens (tertiary/aromatic N) is 3. The van der Waals surface area contributed by atoms with E-state index in [0.29, 0.717) is 6.04 Å². The van der Waals surface area contributed by atoms with Crippen molar-refractivity contribution in [1.29, 1.82) is 0 Å². The average Bonchev–Trinajstić information content (AvgIpc) is 2.93. The van der Waals surface area contributed by atoms with Gasteiger partial charge in [0, 0.05) is 38.1 Å². The summed E-state index contributed by atoms with van der Waals surface area (Å²) in [5.41, 5.74) is 0. The first-order valence-corrected chi connectivity index (χ1v) is 7.73. The molecule has 0 spiro atoms. The van der Waals surface area contributed by atoms with Crippen molar-refractivity contribution in [3.8, 4) is 0 Å². The fraction of sp³-hybridized carbons (Fsp3) is 0.800. The number of aromatic nitrogens is 2. The van der Waals surface area contributed by atoms with Gasteiger partial charge >= 0.3 is 0 Å². The van der Waals surface area contributed by atoms with E-state index in [4.69, 9.17) is 0 Å². The molecular weight excluding hydrogens is 236 g/mol. The quantitative estimate of drug-likeness (QED) is 0.857. The molecule has 0 saturated heterocycles. The smallest absolute Gasteiger partial charge is 0.205 e. The van der Waals surface area contributed by atoms with Crippen molar-refractivity contribution in [2.75, 3.05) is 18.5 Å². The van der Waals surface area contributed by atoms with Gasteiger partial charge in [0.1, 0.15) is 0 Å². The Balaban J connectivity index is 1.87. The van der Waals surface area contributed by atoms with Crippen LogP contribution in [0.25, 0.3) is 0 Å². The van der Waals surface area contributed by atoms with Crippen molar-refractivity contribution in [2.45, 2.75) is 64.6 Å². The van der Waals surface area contributed by atoms with Gasteiger partial charge in [-0.1, -0.05) is 6.92 Å². The molecular formula is C15H28N4. The number of rotatable bonds is 6. The molecule has 1 aliphatic carbocycles. The molecule has 0 amide bonds. The topological polar surface area (TPSA) is 33.1 Å². The van der Waals surface area contributed by atoms with E-state index >= 15 is 0 Å². The van der Waals surface area contributed by atoms with Crippen molar-refractivity contribution >= 4 is 5.95 Å². The molecule has 108 valence electrons. The molecule has 4 heteroatoms. The minimum absolute atomic E-state index is 0.646. The summed E-state index contributed by atoms with van der Waals surface area (Å²) in [5.74, 6) is 1.12. The van der Waals surface area contributed by atoms with Gasteiger partial charge in [-0.3, -0.25) is 0 Å². The van der Waals surface area contributed by atoms with Crippen molar-refractivity contribution < 1.29 is 0 Å². The third-order valence-corrected chi connectivity index (χ3v) is 4.28. The van der Waals surface area contributed by atoms with Crippen LogP contribution in [0, 0.1) is 0 Å². The molecule has 1 aromatic rings. The number of hydrogen-bond donors (Lipinski definition) is 1. The Morgan fingerprint density at radius 2 is 2.05 bits per heavy atom. The van der Waals surface area contributed by atoms with E-state index in [2.05, 4.69) is 46.9 Å². The van der Waals surface area contributed by atoms with E-state index in [1.54, 1.807) is 0 Å². The second-order valence-electron chi connectivity index (χ2n) is 5.58. The normalized spacial score (nSPS) is 23.5. The second-order valence-corrected chi connectivity index (χ2v) is 5.58. The fourth-order valence-electron chi connectivity index (χ4n) is 3.04. The molecule has 1 saturated carbocycles. The van der Waals surface area contributed by atoms with Gasteiger partial charge in [-0.05, 0) is 45.6 Å². The first-order valence-electron chi connectivity index (χ1n) is 7.73. The zero-order valence-electron chi connectivity index (χ0n) is 12.6. The molecule has 1 aromatic heterocycles. The van der Waals surface area contributed by atoms with Gasteiger partial charge in [0.2, 0.25) is 5.95 Å². The number of nitrogens with one attached hydrogen (secondary N) is 1. The lowest BCUT2D eigenvalue weighted by molar-refractivity contribution is 0.335. The Labute approximate surface area is 117 Å². The Bertz CT molecular complexity index is 366. The molecule has 0 atom stereocenters. The summed E-state index contributed by atoms with van der Waals surface area (Å²) >= 11 is 0. The third kappa shape index (κ3) is 3.50. The maximum absolute atomic E-state index is 4.50. The number of hydrogen-bond acceptors (Lipinski definition) is 3. The van der Waals surface area contributed by atoms with Crippen LogP contribution in [-0.2, 0) is 6.54 Å². The number of imidazole rings is 1.